The number of rotatable bonds is 7. The summed E-state index contributed by atoms with van der Waals surface area (Å²) in [6, 6.07) is 11.1. The molecule has 1 aliphatic heterocycles. The summed E-state index contributed by atoms with van der Waals surface area (Å²) in [6.45, 7) is 4.47. The lowest BCUT2D eigenvalue weighted by Gasteiger charge is -2.43. The van der Waals surface area contributed by atoms with Gasteiger partial charge in [0, 0.05) is 38.7 Å². The summed E-state index contributed by atoms with van der Waals surface area (Å²) in [5, 5.41) is 3.49. The molecule has 1 atom stereocenters. The first-order chi connectivity index (χ1) is 9.80. The molecular formula is C17H27NO2. The van der Waals surface area contributed by atoms with Crippen molar-refractivity contribution in [3.63, 3.8) is 0 Å². The predicted molar refractivity (Wildman–Crippen MR) is 82.0 cm³/mol. The van der Waals surface area contributed by atoms with E-state index in [1.807, 2.05) is 7.05 Å². The van der Waals surface area contributed by atoms with Gasteiger partial charge in [0.2, 0.25) is 0 Å². The number of hydrogen-bond donors (Lipinski definition) is 1. The molecular weight excluding hydrogens is 250 g/mol. The predicted octanol–water partition coefficient (Wildman–Crippen LogP) is 2.79. The first kappa shape index (κ1) is 15.5. The second kappa shape index (κ2) is 7.77. The number of benzene rings is 1. The van der Waals surface area contributed by atoms with Crippen molar-refractivity contribution in [2.45, 2.75) is 44.2 Å². The van der Waals surface area contributed by atoms with Gasteiger partial charge in [0.1, 0.15) is 0 Å². The summed E-state index contributed by atoms with van der Waals surface area (Å²) in [7, 11) is 2.05. The van der Waals surface area contributed by atoms with Crippen molar-refractivity contribution < 1.29 is 9.47 Å². The highest BCUT2D eigenvalue weighted by Crippen LogP contribution is 2.31. The Morgan fingerprint density at radius 1 is 1.25 bits per heavy atom. The lowest BCUT2D eigenvalue weighted by molar-refractivity contribution is -0.126. The van der Waals surface area contributed by atoms with E-state index in [9.17, 15) is 0 Å². The summed E-state index contributed by atoms with van der Waals surface area (Å²) in [5.74, 6) is 0. The Bertz CT molecular complexity index is 368. The molecule has 0 amide bonds. The van der Waals surface area contributed by atoms with Gasteiger partial charge < -0.3 is 14.8 Å². The first-order valence-electron chi connectivity index (χ1n) is 7.73. The van der Waals surface area contributed by atoms with Gasteiger partial charge in [0.25, 0.3) is 0 Å². The highest BCUT2D eigenvalue weighted by molar-refractivity contribution is 5.15. The Balaban J connectivity index is 2.00. The maximum Gasteiger partial charge on any atom is 0.0878 e. The van der Waals surface area contributed by atoms with E-state index in [4.69, 9.17) is 9.47 Å². The molecule has 1 aliphatic rings. The molecule has 1 N–H and O–H groups in total. The smallest absolute Gasteiger partial charge is 0.0878 e. The molecule has 1 fully saturated rings. The zero-order valence-electron chi connectivity index (χ0n) is 12.7. The Labute approximate surface area is 122 Å². The van der Waals surface area contributed by atoms with E-state index in [1.165, 1.54) is 5.56 Å². The van der Waals surface area contributed by atoms with Crippen molar-refractivity contribution in [2.24, 2.45) is 0 Å². The van der Waals surface area contributed by atoms with Crippen LogP contribution >= 0.6 is 0 Å². The van der Waals surface area contributed by atoms with Crippen molar-refractivity contribution in [2.75, 3.05) is 26.9 Å². The van der Waals surface area contributed by atoms with Gasteiger partial charge in [-0.15, -0.1) is 0 Å². The van der Waals surface area contributed by atoms with E-state index in [0.29, 0.717) is 6.04 Å². The van der Waals surface area contributed by atoms with Crippen LogP contribution in [-0.2, 0) is 15.9 Å². The van der Waals surface area contributed by atoms with E-state index in [2.05, 4.69) is 42.6 Å². The van der Waals surface area contributed by atoms with Gasteiger partial charge in [-0.25, -0.2) is 0 Å². The third-order valence-corrected chi connectivity index (χ3v) is 4.32. The van der Waals surface area contributed by atoms with Crippen LogP contribution < -0.4 is 5.32 Å². The number of ether oxygens (including phenoxy) is 2. The fourth-order valence-electron chi connectivity index (χ4n) is 3.22. The maximum absolute atomic E-state index is 6.17. The molecule has 1 heterocycles. The van der Waals surface area contributed by atoms with Crippen LogP contribution in [0.1, 0.15) is 31.7 Å². The van der Waals surface area contributed by atoms with Crippen LogP contribution in [0.5, 0.6) is 0 Å². The summed E-state index contributed by atoms with van der Waals surface area (Å²) in [4.78, 5) is 0. The van der Waals surface area contributed by atoms with Crippen LogP contribution in [0, 0.1) is 0 Å². The molecule has 2 rings (SSSR count). The van der Waals surface area contributed by atoms with E-state index in [1.54, 1.807) is 0 Å². The largest absolute Gasteiger partial charge is 0.381 e. The van der Waals surface area contributed by atoms with Crippen LogP contribution in [0.15, 0.2) is 30.3 Å². The fraction of sp³-hybridized carbons (Fsp3) is 0.647. The zero-order chi connectivity index (χ0) is 14.3. The normalized spacial score (nSPS) is 19.7. The van der Waals surface area contributed by atoms with Crippen LogP contribution in [0.4, 0.5) is 0 Å². The molecule has 1 saturated heterocycles. The van der Waals surface area contributed by atoms with Gasteiger partial charge >= 0.3 is 0 Å². The first-order valence-corrected chi connectivity index (χ1v) is 7.73. The lowest BCUT2D eigenvalue weighted by atomic mass is 9.83. The van der Waals surface area contributed by atoms with Crippen molar-refractivity contribution in [3.8, 4) is 0 Å². The third kappa shape index (κ3) is 3.81. The van der Waals surface area contributed by atoms with E-state index in [-0.39, 0.29) is 5.60 Å². The van der Waals surface area contributed by atoms with Gasteiger partial charge in [-0.2, -0.15) is 0 Å². The highest BCUT2D eigenvalue weighted by atomic mass is 16.5. The van der Waals surface area contributed by atoms with E-state index in [0.717, 1.165) is 45.5 Å². The third-order valence-electron chi connectivity index (χ3n) is 4.32. The van der Waals surface area contributed by atoms with Gasteiger partial charge in [0.15, 0.2) is 0 Å². The molecule has 3 heteroatoms. The van der Waals surface area contributed by atoms with Crippen molar-refractivity contribution in [1.29, 1.82) is 0 Å². The lowest BCUT2D eigenvalue weighted by Crippen LogP contribution is -2.54. The Morgan fingerprint density at radius 3 is 2.55 bits per heavy atom. The summed E-state index contributed by atoms with van der Waals surface area (Å²) in [5.41, 5.74) is 1.34. The second-order valence-corrected chi connectivity index (χ2v) is 5.48. The molecule has 1 aromatic carbocycles. The average Bonchev–Trinajstić information content (AvgIpc) is 2.50. The Hall–Kier alpha value is -0.900. The second-order valence-electron chi connectivity index (χ2n) is 5.48. The Morgan fingerprint density at radius 2 is 1.95 bits per heavy atom. The van der Waals surface area contributed by atoms with Crippen molar-refractivity contribution in [3.05, 3.63) is 35.9 Å². The van der Waals surface area contributed by atoms with Crippen LogP contribution in [0.2, 0.25) is 0 Å². The molecule has 0 aromatic heterocycles. The maximum atomic E-state index is 6.17. The zero-order valence-corrected chi connectivity index (χ0v) is 12.7. The van der Waals surface area contributed by atoms with Crippen molar-refractivity contribution >= 4 is 0 Å². The number of nitrogens with one attached hydrogen (secondary N) is 1. The molecule has 0 radical (unpaired) electrons. The SMILES string of the molecule is CCOC1(C(CCc2ccccc2)NC)CCOCC1. The number of aryl methyl sites for hydroxylation is 1. The van der Waals surface area contributed by atoms with E-state index >= 15 is 0 Å². The van der Waals surface area contributed by atoms with Gasteiger partial charge in [-0.3, -0.25) is 0 Å². The number of hydrogen-bond acceptors (Lipinski definition) is 3. The quantitative estimate of drug-likeness (QED) is 0.831. The Kier molecular flexibility index (Phi) is 6.02. The molecule has 0 aliphatic carbocycles. The van der Waals surface area contributed by atoms with Crippen LogP contribution in [-0.4, -0.2) is 38.5 Å². The molecule has 1 aromatic rings. The minimum atomic E-state index is -0.0590. The van der Waals surface area contributed by atoms with Gasteiger partial charge in [-0.05, 0) is 32.4 Å². The summed E-state index contributed by atoms with van der Waals surface area (Å²) >= 11 is 0. The van der Waals surface area contributed by atoms with Gasteiger partial charge in [-0.1, -0.05) is 30.3 Å². The van der Waals surface area contributed by atoms with E-state index < -0.39 is 0 Å². The topological polar surface area (TPSA) is 30.5 Å². The van der Waals surface area contributed by atoms with Gasteiger partial charge in [0.05, 0.1) is 5.60 Å². The standard InChI is InChI=1S/C17H27NO2/c1-3-20-17(11-13-19-14-12-17)16(18-2)10-9-15-7-5-4-6-8-15/h4-8,16,18H,3,9-14H2,1-2H3. The van der Waals surface area contributed by atoms with Crippen LogP contribution in [0.3, 0.4) is 0 Å². The molecule has 0 bridgehead atoms. The van der Waals surface area contributed by atoms with Crippen molar-refractivity contribution in [1.82, 2.24) is 5.32 Å². The average molecular weight is 277 g/mol. The molecule has 0 spiro atoms. The molecule has 112 valence electrons. The molecule has 0 saturated carbocycles. The summed E-state index contributed by atoms with van der Waals surface area (Å²) in [6.07, 6.45) is 4.16. The molecule has 20 heavy (non-hydrogen) atoms. The van der Waals surface area contributed by atoms with Crippen LogP contribution in [0.25, 0.3) is 0 Å². The highest BCUT2D eigenvalue weighted by Gasteiger charge is 2.40. The number of likely N-dealkylation sites (N-methyl/N-ethyl adjacent to an activating group) is 1. The fourth-order valence-corrected chi connectivity index (χ4v) is 3.22. The molecule has 1 unspecified atom stereocenters. The summed E-state index contributed by atoms with van der Waals surface area (Å²) < 4.78 is 11.7. The molecule has 3 nitrogen and oxygen atoms in total. The minimum Gasteiger partial charge on any atom is -0.381 e. The monoisotopic (exact) mass is 277 g/mol. The minimum absolute atomic E-state index is 0.0590.